The van der Waals surface area contributed by atoms with E-state index in [9.17, 15) is 25.9 Å². The van der Waals surface area contributed by atoms with Gasteiger partial charge in [-0.25, -0.2) is 0 Å². The van der Waals surface area contributed by atoms with Gasteiger partial charge in [-0.15, -0.1) is 0 Å². The van der Waals surface area contributed by atoms with E-state index in [2.05, 4.69) is 0 Å². The molecular formula is C12H24N2O8S2. The van der Waals surface area contributed by atoms with Crippen molar-refractivity contribution >= 4 is 20.2 Å². The Morgan fingerprint density at radius 1 is 0.875 bits per heavy atom. The Balaban J connectivity index is 2.24. The molecule has 10 nitrogen and oxygen atoms in total. The molecule has 2 atom stereocenters. The van der Waals surface area contributed by atoms with E-state index < -0.39 is 37.3 Å². The molecule has 24 heavy (non-hydrogen) atoms. The topological polar surface area (TPSA) is 134 Å². The maximum absolute atomic E-state index is 11.9. The molecule has 2 heterocycles. The van der Waals surface area contributed by atoms with Crippen LogP contribution in [0.5, 0.6) is 0 Å². The fraction of sp³-hybridized carbons (Fsp3) is 1.00. The summed E-state index contributed by atoms with van der Waals surface area (Å²) in [5.41, 5.74) is 0. The van der Waals surface area contributed by atoms with Gasteiger partial charge in [0.05, 0.1) is 32.2 Å². The quantitative estimate of drug-likeness (QED) is 0.479. The average molecular weight is 388 g/mol. The highest BCUT2D eigenvalue weighted by atomic mass is 32.2. The Morgan fingerprint density at radius 3 is 1.83 bits per heavy atom. The van der Waals surface area contributed by atoms with Crippen molar-refractivity contribution < 1.29 is 35.4 Å². The molecule has 2 unspecified atom stereocenters. The normalized spacial score (nSPS) is 24.6. The Labute approximate surface area is 142 Å². The lowest BCUT2D eigenvalue weighted by Gasteiger charge is -2.39. The minimum Gasteiger partial charge on any atom is -0.379 e. The number of morpholine rings is 2. The molecule has 0 bridgehead atoms. The SMILES string of the molecule is O=S(=O)(O)CC(C(CN1CCOCC1)S(=O)(=O)O)N1CCOCC1. The lowest BCUT2D eigenvalue weighted by atomic mass is 10.1. The molecule has 2 saturated heterocycles. The molecule has 0 spiro atoms. The minimum atomic E-state index is -4.53. The van der Waals surface area contributed by atoms with Gasteiger partial charge in [-0.3, -0.25) is 18.9 Å². The highest BCUT2D eigenvalue weighted by Crippen LogP contribution is 2.18. The van der Waals surface area contributed by atoms with Gasteiger partial charge in [0.15, 0.2) is 0 Å². The molecule has 0 amide bonds. The van der Waals surface area contributed by atoms with E-state index >= 15 is 0 Å². The third kappa shape index (κ3) is 6.19. The van der Waals surface area contributed by atoms with Crippen molar-refractivity contribution in [2.24, 2.45) is 0 Å². The van der Waals surface area contributed by atoms with Crippen LogP contribution >= 0.6 is 0 Å². The van der Waals surface area contributed by atoms with E-state index in [4.69, 9.17) is 9.47 Å². The van der Waals surface area contributed by atoms with Crippen LogP contribution in [-0.2, 0) is 29.7 Å². The largest absolute Gasteiger partial charge is 0.379 e. The molecule has 2 aliphatic rings. The third-order valence-electron chi connectivity index (χ3n) is 4.25. The first kappa shape index (κ1) is 20.0. The van der Waals surface area contributed by atoms with Crippen LogP contribution in [-0.4, -0.2) is 112 Å². The Kier molecular flexibility index (Phi) is 6.96. The Morgan fingerprint density at radius 2 is 1.38 bits per heavy atom. The second-order valence-corrected chi connectivity index (χ2v) is 9.06. The van der Waals surface area contributed by atoms with E-state index in [-0.39, 0.29) is 6.54 Å². The summed E-state index contributed by atoms with van der Waals surface area (Å²) in [5.74, 6) is -0.762. The van der Waals surface area contributed by atoms with Crippen molar-refractivity contribution in [1.29, 1.82) is 0 Å². The molecule has 2 fully saturated rings. The first-order chi connectivity index (χ1) is 11.2. The molecule has 2 N–H and O–H groups in total. The summed E-state index contributed by atoms with van der Waals surface area (Å²) in [6.07, 6.45) is 0. The van der Waals surface area contributed by atoms with Crippen molar-refractivity contribution in [2.75, 3.05) is 64.9 Å². The second-order valence-electron chi connectivity index (χ2n) is 5.93. The summed E-state index contributed by atoms with van der Waals surface area (Å²) >= 11 is 0. The number of ether oxygens (including phenoxy) is 2. The van der Waals surface area contributed by atoms with Crippen molar-refractivity contribution in [3.63, 3.8) is 0 Å². The number of rotatable bonds is 7. The van der Waals surface area contributed by atoms with Gasteiger partial charge in [0, 0.05) is 38.8 Å². The molecule has 12 heteroatoms. The standard InChI is InChI=1S/C12H24N2O8S2/c15-23(16,17)10-11(14-3-7-22-8-4-14)12(24(18,19)20)9-13-1-5-21-6-2-13/h11-12H,1-10H2,(H,15,16,17)(H,18,19,20). The summed E-state index contributed by atoms with van der Waals surface area (Å²) in [6.45, 7) is 3.17. The highest BCUT2D eigenvalue weighted by Gasteiger charge is 2.40. The zero-order valence-electron chi connectivity index (χ0n) is 13.3. The van der Waals surface area contributed by atoms with Gasteiger partial charge in [-0.1, -0.05) is 0 Å². The summed E-state index contributed by atoms with van der Waals surface area (Å²) in [6, 6.07) is -1.05. The van der Waals surface area contributed by atoms with E-state index in [1.807, 2.05) is 0 Å². The lowest BCUT2D eigenvalue weighted by Crippen LogP contribution is -2.58. The second kappa shape index (κ2) is 8.36. The lowest BCUT2D eigenvalue weighted by molar-refractivity contribution is 0.00985. The molecular weight excluding hydrogens is 364 g/mol. The van der Waals surface area contributed by atoms with Crippen LogP contribution in [0.4, 0.5) is 0 Å². The molecule has 0 aromatic carbocycles. The number of hydrogen-bond donors (Lipinski definition) is 2. The fourth-order valence-corrected chi connectivity index (χ4v) is 5.09. The Hall–Kier alpha value is -0.340. The average Bonchev–Trinajstić information content (AvgIpc) is 2.50. The molecule has 0 saturated carbocycles. The zero-order valence-corrected chi connectivity index (χ0v) is 14.9. The van der Waals surface area contributed by atoms with E-state index in [1.165, 1.54) is 0 Å². The van der Waals surface area contributed by atoms with Gasteiger partial charge < -0.3 is 9.47 Å². The van der Waals surface area contributed by atoms with Crippen LogP contribution in [0, 0.1) is 0 Å². The van der Waals surface area contributed by atoms with Crippen molar-refractivity contribution in [3.05, 3.63) is 0 Å². The van der Waals surface area contributed by atoms with Gasteiger partial charge in [0.1, 0.15) is 5.25 Å². The van der Waals surface area contributed by atoms with Gasteiger partial charge >= 0.3 is 0 Å². The molecule has 2 aliphatic heterocycles. The predicted molar refractivity (Wildman–Crippen MR) is 85.2 cm³/mol. The van der Waals surface area contributed by atoms with Gasteiger partial charge in [0.25, 0.3) is 20.2 Å². The van der Waals surface area contributed by atoms with Gasteiger partial charge in [0.2, 0.25) is 0 Å². The number of hydrogen-bond acceptors (Lipinski definition) is 8. The van der Waals surface area contributed by atoms with Crippen LogP contribution < -0.4 is 0 Å². The van der Waals surface area contributed by atoms with Crippen LogP contribution in [0.1, 0.15) is 0 Å². The minimum absolute atomic E-state index is 0.0280. The molecule has 2 rings (SSSR count). The van der Waals surface area contributed by atoms with E-state index in [0.29, 0.717) is 52.6 Å². The first-order valence-corrected chi connectivity index (χ1v) is 10.8. The number of nitrogens with zero attached hydrogens (tertiary/aromatic N) is 2. The first-order valence-electron chi connectivity index (χ1n) is 7.70. The van der Waals surface area contributed by atoms with Crippen LogP contribution in [0.25, 0.3) is 0 Å². The predicted octanol–water partition coefficient (Wildman–Crippen LogP) is -1.84. The summed E-state index contributed by atoms with van der Waals surface area (Å²) in [4.78, 5) is 3.44. The Bertz CT molecular complexity index is 597. The molecule has 142 valence electrons. The monoisotopic (exact) mass is 388 g/mol. The smallest absolute Gasteiger partial charge is 0.270 e. The highest BCUT2D eigenvalue weighted by molar-refractivity contribution is 7.87. The molecule has 0 aliphatic carbocycles. The summed E-state index contributed by atoms with van der Waals surface area (Å²) in [5, 5.41) is -1.35. The van der Waals surface area contributed by atoms with Crippen LogP contribution in [0.15, 0.2) is 0 Å². The van der Waals surface area contributed by atoms with Crippen LogP contribution in [0.2, 0.25) is 0 Å². The molecule has 0 aromatic heterocycles. The fourth-order valence-electron chi connectivity index (χ4n) is 3.03. The molecule has 0 aromatic rings. The maximum Gasteiger partial charge on any atom is 0.270 e. The maximum atomic E-state index is 11.9. The van der Waals surface area contributed by atoms with Gasteiger partial charge in [-0.2, -0.15) is 16.8 Å². The zero-order chi connectivity index (χ0) is 17.8. The summed E-state index contributed by atoms with van der Waals surface area (Å²) < 4.78 is 76.0. The van der Waals surface area contributed by atoms with E-state index in [0.717, 1.165) is 0 Å². The van der Waals surface area contributed by atoms with Crippen molar-refractivity contribution in [2.45, 2.75) is 11.3 Å². The summed E-state index contributed by atoms with van der Waals surface area (Å²) in [7, 11) is -8.95. The van der Waals surface area contributed by atoms with Crippen LogP contribution in [0.3, 0.4) is 0 Å². The molecule has 0 radical (unpaired) electrons. The van der Waals surface area contributed by atoms with E-state index in [1.54, 1.807) is 9.80 Å². The van der Waals surface area contributed by atoms with Gasteiger partial charge in [-0.05, 0) is 0 Å². The third-order valence-corrected chi connectivity index (χ3v) is 6.24. The van der Waals surface area contributed by atoms with Crippen molar-refractivity contribution in [1.82, 2.24) is 9.80 Å². The van der Waals surface area contributed by atoms with Crippen molar-refractivity contribution in [3.8, 4) is 0 Å².